The number of hydrogen-bond acceptors (Lipinski definition) is 2. The third-order valence-corrected chi connectivity index (χ3v) is 2.48. The lowest BCUT2D eigenvalue weighted by Crippen LogP contribution is -2.34. The molecule has 0 aromatic carbocycles. The average molecular weight is 220 g/mol. The molecule has 13 heavy (non-hydrogen) atoms. The number of nitrogens with zero attached hydrogens (tertiary/aromatic N) is 1. The smallest absolute Gasteiger partial charge is 0.182 e. The Morgan fingerprint density at radius 2 is 1.92 bits per heavy atom. The molecular formula is C9H11Cl2NO. The zero-order chi connectivity index (χ0) is 10.2. The average Bonchev–Trinajstić information content (AvgIpc) is 1.94. The fourth-order valence-corrected chi connectivity index (χ4v) is 1.43. The predicted octanol–water partition coefficient (Wildman–Crippen LogP) is 2.74. The third-order valence-electron chi connectivity index (χ3n) is 1.80. The zero-order valence-corrected chi connectivity index (χ0v) is 9.28. The second-order valence-electron chi connectivity index (χ2n) is 4.08. The molecule has 0 aliphatic carbocycles. The van der Waals surface area contributed by atoms with Gasteiger partial charge in [-0.2, -0.15) is 0 Å². The standard InChI is InChI=1S/C9H11Cl2NO/c1-9(2,3)7-6(13)4-5(10)8(11)12-7/h4,7H,1-3H3/t7-/m1/s1. The van der Waals surface area contributed by atoms with E-state index in [1.54, 1.807) is 0 Å². The van der Waals surface area contributed by atoms with Gasteiger partial charge in [0.2, 0.25) is 0 Å². The predicted molar refractivity (Wildman–Crippen MR) is 55.5 cm³/mol. The van der Waals surface area contributed by atoms with Gasteiger partial charge in [-0.1, -0.05) is 44.0 Å². The summed E-state index contributed by atoms with van der Waals surface area (Å²) in [6, 6.07) is -0.414. The number of carbonyl (C=O) groups excluding carboxylic acids is 1. The van der Waals surface area contributed by atoms with Crippen molar-refractivity contribution in [3.05, 3.63) is 11.1 Å². The molecule has 2 nitrogen and oxygen atoms in total. The molecule has 0 N–H and O–H groups in total. The van der Waals surface area contributed by atoms with Crippen LogP contribution < -0.4 is 0 Å². The Bertz CT molecular complexity index is 299. The van der Waals surface area contributed by atoms with Crippen molar-refractivity contribution in [3.63, 3.8) is 0 Å². The van der Waals surface area contributed by atoms with Crippen molar-refractivity contribution in [3.8, 4) is 0 Å². The second-order valence-corrected chi connectivity index (χ2v) is 4.85. The molecule has 0 bridgehead atoms. The van der Waals surface area contributed by atoms with Gasteiger partial charge in [0, 0.05) is 6.08 Å². The van der Waals surface area contributed by atoms with E-state index in [2.05, 4.69) is 4.99 Å². The molecule has 1 heterocycles. The highest BCUT2D eigenvalue weighted by molar-refractivity contribution is 6.76. The van der Waals surface area contributed by atoms with Crippen LogP contribution in [0.1, 0.15) is 20.8 Å². The van der Waals surface area contributed by atoms with Crippen molar-refractivity contribution in [2.24, 2.45) is 10.4 Å². The first-order valence-corrected chi connectivity index (χ1v) is 4.72. The van der Waals surface area contributed by atoms with Crippen LogP contribution in [0.2, 0.25) is 0 Å². The van der Waals surface area contributed by atoms with E-state index >= 15 is 0 Å². The summed E-state index contributed by atoms with van der Waals surface area (Å²) in [5.41, 5.74) is -0.217. The van der Waals surface area contributed by atoms with Gasteiger partial charge >= 0.3 is 0 Å². The number of rotatable bonds is 0. The molecule has 0 saturated heterocycles. The van der Waals surface area contributed by atoms with E-state index in [-0.39, 0.29) is 21.4 Å². The Labute approximate surface area is 87.6 Å². The number of hydrogen-bond donors (Lipinski definition) is 0. The number of ketones is 1. The minimum absolute atomic E-state index is 0.0816. The minimum atomic E-state index is -0.414. The SMILES string of the molecule is CC(C)(C)[C@@H]1N=C(Cl)C(Cl)=CC1=O. The summed E-state index contributed by atoms with van der Waals surface area (Å²) in [5.74, 6) is -0.0816. The molecule has 1 aliphatic heterocycles. The van der Waals surface area contributed by atoms with Crippen LogP contribution >= 0.6 is 23.2 Å². The van der Waals surface area contributed by atoms with Crippen LogP contribution in [0.15, 0.2) is 16.1 Å². The molecule has 0 amide bonds. The largest absolute Gasteiger partial charge is 0.292 e. The molecule has 1 atom stereocenters. The van der Waals surface area contributed by atoms with Gasteiger partial charge in [-0.3, -0.25) is 9.79 Å². The summed E-state index contributed by atoms with van der Waals surface area (Å²) in [5, 5.41) is 0.452. The van der Waals surface area contributed by atoms with Crippen LogP contribution in [-0.4, -0.2) is 17.0 Å². The summed E-state index contributed by atoms with van der Waals surface area (Å²) in [7, 11) is 0. The van der Waals surface area contributed by atoms with E-state index in [0.717, 1.165) is 0 Å². The van der Waals surface area contributed by atoms with Gasteiger partial charge in [-0.05, 0) is 5.41 Å². The lowest BCUT2D eigenvalue weighted by Gasteiger charge is -2.27. The fraction of sp³-hybridized carbons (Fsp3) is 0.556. The summed E-state index contributed by atoms with van der Waals surface area (Å²) >= 11 is 11.4. The molecule has 4 heteroatoms. The Balaban J connectivity index is 3.01. The molecule has 1 rings (SSSR count). The highest BCUT2D eigenvalue weighted by Gasteiger charge is 2.32. The van der Waals surface area contributed by atoms with Crippen LogP contribution in [0.5, 0.6) is 0 Å². The molecular weight excluding hydrogens is 209 g/mol. The number of dihydropyridines is 1. The van der Waals surface area contributed by atoms with Crippen molar-refractivity contribution < 1.29 is 4.79 Å². The van der Waals surface area contributed by atoms with Crippen molar-refractivity contribution in [1.82, 2.24) is 0 Å². The Kier molecular flexibility index (Phi) is 2.83. The summed E-state index contributed by atoms with van der Waals surface area (Å²) < 4.78 is 0. The van der Waals surface area contributed by atoms with Crippen LogP contribution in [0.25, 0.3) is 0 Å². The Hall–Kier alpha value is -0.340. The molecule has 0 aromatic heterocycles. The van der Waals surface area contributed by atoms with E-state index in [4.69, 9.17) is 23.2 Å². The monoisotopic (exact) mass is 219 g/mol. The molecule has 72 valence electrons. The molecule has 0 spiro atoms. The zero-order valence-electron chi connectivity index (χ0n) is 7.77. The van der Waals surface area contributed by atoms with Gasteiger partial charge in [0.25, 0.3) is 0 Å². The maximum absolute atomic E-state index is 11.5. The number of carbonyl (C=O) groups is 1. The maximum Gasteiger partial charge on any atom is 0.182 e. The molecule has 0 fully saturated rings. The van der Waals surface area contributed by atoms with Gasteiger partial charge in [0.15, 0.2) is 5.78 Å². The first kappa shape index (κ1) is 10.7. The fourth-order valence-electron chi connectivity index (χ4n) is 1.12. The summed E-state index contributed by atoms with van der Waals surface area (Å²) in [6.07, 6.45) is 1.34. The lowest BCUT2D eigenvalue weighted by atomic mass is 9.84. The normalized spacial score (nSPS) is 24.1. The molecule has 1 aliphatic rings. The minimum Gasteiger partial charge on any atom is -0.292 e. The highest BCUT2D eigenvalue weighted by Crippen LogP contribution is 2.28. The number of halogens is 2. The van der Waals surface area contributed by atoms with E-state index in [1.807, 2.05) is 20.8 Å². The van der Waals surface area contributed by atoms with Gasteiger partial charge in [-0.15, -0.1) is 0 Å². The van der Waals surface area contributed by atoms with E-state index in [1.165, 1.54) is 6.08 Å². The van der Waals surface area contributed by atoms with Crippen molar-refractivity contribution in [1.29, 1.82) is 0 Å². The van der Waals surface area contributed by atoms with Gasteiger partial charge in [0.1, 0.15) is 11.2 Å². The van der Waals surface area contributed by atoms with Crippen molar-refractivity contribution in [2.75, 3.05) is 0 Å². The molecule has 0 unspecified atom stereocenters. The summed E-state index contributed by atoms with van der Waals surface area (Å²) in [6.45, 7) is 5.82. The van der Waals surface area contributed by atoms with Crippen molar-refractivity contribution in [2.45, 2.75) is 26.8 Å². The highest BCUT2D eigenvalue weighted by atomic mass is 35.5. The van der Waals surface area contributed by atoms with Crippen LogP contribution in [0.4, 0.5) is 0 Å². The third kappa shape index (κ3) is 2.32. The second kappa shape index (κ2) is 3.43. The lowest BCUT2D eigenvalue weighted by molar-refractivity contribution is -0.117. The quantitative estimate of drug-likeness (QED) is 0.617. The molecule has 0 aromatic rings. The Morgan fingerprint density at radius 3 is 2.38 bits per heavy atom. The van der Waals surface area contributed by atoms with E-state index < -0.39 is 6.04 Å². The number of allylic oxidation sites excluding steroid dienone is 1. The van der Waals surface area contributed by atoms with Gasteiger partial charge in [0.05, 0.1) is 5.03 Å². The van der Waals surface area contributed by atoms with Gasteiger partial charge < -0.3 is 0 Å². The first-order chi connectivity index (χ1) is 5.82. The van der Waals surface area contributed by atoms with Crippen LogP contribution in [0.3, 0.4) is 0 Å². The maximum atomic E-state index is 11.5. The number of aliphatic imine (C=N–C) groups is 1. The van der Waals surface area contributed by atoms with Crippen molar-refractivity contribution >= 4 is 34.2 Å². The van der Waals surface area contributed by atoms with E-state index in [9.17, 15) is 4.79 Å². The van der Waals surface area contributed by atoms with Gasteiger partial charge in [-0.25, -0.2) is 0 Å². The first-order valence-electron chi connectivity index (χ1n) is 3.97. The Morgan fingerprint density at radius 1 is 1.38 bits per heavy atom. The topological polar surface area (TPSA) is 29.4 Å². The summed E-state index contributed by atoms with van der Waals surface area (Å²) in [4.78, 5) is 15.5. The van der Waals surface area contributed by atoms with E-state index in [0.29, 0.717) is 0 Å². The van der Waals surface area contributed by atoms with Crippen LogP contribution in [-0.2, 0) is 4.79 Å². The van der Waals surface area contributed by atoms with Crippen LogP contribution in [0, 0.1) is 5.41 Å². The molecule has 0 saturated carbocycles. The molecule has 0 radical (unpaired) electrons.